The van der Waals surface area contributed by atoms with Crippen LogP contribution in [-0.4, -0.2) is 13.6 Å². The molecule has 1 fully saturated rings. The minimum Gasteiger partial charge on any atom is -0.319 e. The van der Waals surface area contributed by atoms with Crippen molar-refractivity contribution in [1.82, 2.24) is 5.32 Å². The molecule has 94 valence electrons. The zero-order chi connectivity index (χ0) is 12.5. The van der Waals surface area contributed by atoms with Gasteiger partial charge in [0.2, 0.25) is 0 Å². The summed E-state index contributed by atoms with van der Waals surface area (Å²) in [6.07, 6.45) is 2.65. The lowest BCUT2D eigenvalue weighted by Gasteiger charge is -2.18. The molecule has 1 heteroatoms. The molecule has 0 bridgehead atoms. The third-order valence-electron chi connectivity index (χ3n) is 4.37. The first kappa shape index (κ1) is 12.6. The highest BCUT2D eigenvalue weighted by Gasteiger charge is 2.53. The molecule has 1 nitrogen and oxygen atoms in total. The van der Waals surface area contributed by atoms with Crippen LogP contribution >= 0.6 is 0 Å². The van der Waals surface area contributed by atoms with E-state index in [2.05, 4.69) is 57.4 Å². The smallest absolute Gasteiger partial charge is 0.0109 e. The van der Waals surface area contributed by atoms with Crippen LogP contribution in [0, 0.1) is 5.92 Å². The predicted molar refractivity (Wildman–Crippen MR) is 74.5 cm³/mol. The summed E-state index contributed by atoms with van der Waals surface area (Å²) in [6.45, 7) is 7.94. The molecule has 2 atom stereocenters. The van der Waals surface area contributed by atoms with E-state index < -0.39 is 0 Å². The van der Waals surface area contributed by atoms with Crippen molar-refractivity contribution in [3.63, 3.8) is 0 Å². The van der Waals surface area contributed by atoms with Gasteiger partial charge >= 0.3 is 0 Å². The van der Waals surface area contributed by atoms with E-state index in [0.717, 1.165) is 12.5 Å². The Labute approximate surface area is 106 Å². The topological polar surface area (TPSA) is 12.0 Å². The van der Waals surface area contributed by atoms with E-state index in [0.29, 0.717) is 11.3 Å². The molecule has 2 rings (SSSR count). The van der Waals surface area contributed by atoms with Gasteiger partial charge in [-0.1, -0.05) is 51.5 Å². The summed E-state index contributed by atoms with van der Waals surface area (Å²) >= 11 is 0. The van der Waals surface area contributed by atoms with E-state index in [1.54, 1.807) is 0 Å². The standard InChI is InChI=1S/C16H25N/c1-5-14-10-16(14,11-17-4)15-8-6-13(7-9-15)12(2)3/h6-9,12,14,17H,5,10-11H2,1-4H3. The van der Waals surface area contributed by atoms with Gasteiger partial charge in [0, 0.05) is 12.0 Å². The number of rotatable bonds is 5. The van der Waals surface area contributed by atoms with Crippen LogP contribution in [0.25, 0.3) is 0 Å². The van der Waals surface area contributed by atoms with Crippen molar-refractivity contribution < 1.29 is 0 Å². The molecule has 0 saturated heterocycles. The van der Waals surface area contributed by atoms with Gasteiger partial charge in [0.1, 0.15) is 0 Å². The average Bonchev–Trinajstić information content (AvgIpc) is 3.04. The van der Waals surface area contributed by atoms with Crippen LogP contribution in [0.2, 0.25) is 0 Å². The monoisotopic (exact) mass is 231 g/mol. The first-order chi connectivity index (χ1) is 8.14. The molecule has 0 spiro atoms. The van der Waals surface area contributed by atoms with Gasteiger partial charge in [0.25, 0.3) is 0 Å². The van der Waals surface area contributed by atoms with E-state index >= 15 is 0 Å². The molecular formula is C16H25N. The molecule has 0 radical (unpaired) electrons. The van der Waals surface area contributed by atoms with Crippen molar-refractivity contribution in [2.75, 3.05) is 13.6 Å². The molecule has 1 aliphatic carbocycles. The fourth-order valence-corrected chi connectivity index (χ4v) is 3.10. The second kappa shape index (κ2) is 4.81. The summed E-state index contributed by atoms with van der Waals surface area (Å²) in [6, 6.07) is 9.32. The minimum atomic E-state index is 0.430. The highest BCUT2D eigenvalue weighted by Crippen LogP contribution is 2.55. The molecule has 1 aromatic rings. The van der Waals surface area contributed by atoms with Gasteiger partial charge in [0.15, 0.2) is 0 Å². The fourth-order valence-electron chi connectivity index (χ4n) is 3.10. The minimum absolute atomic E-state index is 0.430. The first-order valence-corrected chi connectivity index (χ1v) is 6.89. The van der Waals surface area contributed by atoms with Crippen LogP contribution in [0.1, 0.15) is 50.7 Å². The van der Waals surface area contributed by atoms with Gasteiger partial charge < -0.3 is 5.32 Å². The van der Waals surface area contributed by atoms with Crippen LogP contribution < -0.4 is 5.32 Å². The maximum absolute atomic E-state index is 3.37. The summed E-state index contributed by atoms with van der Waals surface area (Å²) < 4.78 is 0. The van der Waals surface area contributed by atoms with Crippen LogP contribution in [0.3, 0.4) is 0 Å². The van der Waals surface area contributed by atoms with Gasteiger partial charge in [-0.25, -0.2) is 0 Å². The molecule has 2 unspecified atom stereocenters. The number of hydrogen-bond acceptors (Lipinski definition) is 1. The molecule has 17 heavy (non-hydrogen) atoms. The summed E-state index contributed by atoms with van der Waals surface area (Å²) in [7, 11) is 2.06. The summed E-state index contributed by atoms with van der Waals surface area (Å²) in [4.78, 5) is 0. The van der Waals surface area contributed by atoms with Crippen molar-refractivity contribution in [3.8, 4) is 0 Å². The third kappa shape index (κ3) is 2.26. The molecular weight excluding hydrogens is 206 g/mol. The van der Waals surface area contributed by atoms with E-state index in [1.807, 2.05) is 0 Å². The SMILES string of the molecule is CCC1CC1(CNC)c1ccc(C(C)C)cc1. The number of likely N-dealkylation sites (N-methyl/N-ethyl adjacent to an activating group) is 1. The number of nitrogens with one attached hydrogen (secondary N) is 1. The van der Waals surface area contributed by atoms with E-state index in [1.165, 1.54) is 24.0 Å². The Morgan fingerprint density at radius 3 is 2.35 bits per heavy atom. The van der Waals surface area contributed by atoms with Gasteiger partial charge in [0.05, 0.1) is 0 Å². The van der Waals surface area contributed by atoms with Gasteiger partial charge in [-0.3, -0.25) is 0 Å². The Bertz CT molecular complexity index is 366. The third-order valence-corrected chi connectivity index (χ3v) is 4.37. The fraction of sp³-hybridized carbons (Fsp3) is 0.625. The normalized spacial score (nSPS) is 27.5. The van der Waals surface area contributed by atoms with E-state index in [9.17, 15) is 0 Å². The highest BCUT2D eigenvalue weighted by molar-refractivity contribution is 5.37. The van der Waals surface area contributed by atoms with Crippen molar-refractivity contribution in [2.45, 2.75) is 44.9 Å². The Hall–Kier alpha value is -0.820. The first-order valence-electron chi connectivity index (χ1n) is 6.89. The van der Waals surface area contributed by atoms with Crippen LogP contribution in [0.15, 0.2) is 24.3 Å². The van der Waals surface area contributed by atoms with Gasteiger partial charge in [-0.15, -0.1) is 0 Å². The molecule has 1 N–H and O–H groups in total. The van der Waals surface area contributed by atoms with E-state index in [-0.39, 0.29) is 0 Å². The summed E-state index contributed by atoms with van der Waals surface area (Å²) in [5.74, 6) is 1.50. The lowest BCUT2D eigenvalue weighted by Crippen LogP contribution is -2.25. The zero-order valence-corrected chi connectivity index (χ0v) is 11.6. The number of hydrogen-bond donors (Lipinski definition) is 1. The highest BCUT2D eigenvalue weighted by atomic mass is 14.9. The van der Waals surface area contributed by atoms with Gasteiger partial charge in [-0.05, 0) is 36.4 Å². The second-order valence-electron chi connectivity index (χ2n) is 5.77. The van der Waals surface area contributed by atoms with Crippen molar-refractivity contribution in [3.05, 3.63) is 35.4 Å². The average molecular weight is 231 g/mol. The maximum Gasteiger partial charge on any atom is 0.0109 e. The number of benzene rings is 1. The molecule has 1 saturated carbocycles. The molecule has 0 heterocycles. The van der Waals surface area contributed by atoms with Crippen molar-refractivity contribution in [1.29, 1.82) is 0 Å². The van der Waals surface area contributed by atoms with Crippen molar-refractivity contribution >= 4 is 0 Å². The molecule has 0 aliphatic heterocycles. The molecule has 0 amide bonds. The zero-order valence-electron chi connectivity index (χ0n) is 11.6. The van der Waals surface area contributed by atoms with Crippen LogP contribution in [0.4, 0.5) is 0 Å². The quantitative estimate of drug-likeness (QED) is 0.815. The van der Waals surface area contributed by atoms with Crippen LogP contribution in [0.5, 0.6) is 0 Å². The predicted octanol–water partition coefficient (Wildman–Crippen LogP) is 3.70. The molecule has 0 aromatic heterocycles. The van der Waals surface area contributed by atoms with Gasteiger partial charge in [-0.2, -0.15) is 0 Å². The Balaban J connectivity index is 2.21. The summed E-state index contributed by atoms with van der Waals surface area (Å²) in [5, 5.41) is 3.37. The Morgan fingerprint density at radius 1 is 1.29 bits per heavy atom. The Morgan fingerprint density at radius 2 is 1.94 bits per heavy atom. The molecule has 1 aliphatic rings. The second-order valence-corrected chi connectivity index (χ2v) is 5.77. The van der Waals surface area contributed by atoms with Crippen molar-refractivity contribution in [2.24, 2.45) is 5.92 Å². The lowest BCUT2D eigenvalue weighted by atomic mass is 9.90. The largest absolute Gasteiger partial charge is 0.319 e. The van der Waals surface area contributed by atoms with E-state index in [4.69, 9.17) is 0 Å². The lowest BCUT2D eigenvalue weighted by molar-refractivity contribution is 0.553. The Kier molecular flexibility index (Phi) is 3.58. The molecule has 1 aromatic carbocycles. The summed E-state index contributed by atoms with van der Waals surface area (Å²) in [5.41, 5.74) is 3.41. The maximum atomic E-state index is 3.37. The van der Waals surface area contributed by atoms with Crippen LogP contribution in [-0.2, 0) is 5.41 Å².